The predicted molar refractivity (Wildman–Crippen MR) is 109 cm³/mol. The summed E-state index contributed by atoms with van der Waals surface area (Å²) in [5.41, 5.74) is 2.45. The molecule has 1 N–H and O–H groups in total. The van der Waals surface area contributed by atoms with Crippen LogP contribution in [-0.4, -0.2) is 42.0 Å². The van der Waals surface area contributed by atoms with E-state index < -0.39 is 5.54 Å². The zero-order chi connectivity index (χ0) is 18.3. The van der Waals surface area contributed by atoms with E-state index in [-0.39, 0.29) is 24.4 Å². The molecule has 2 fully saturated rings. The lowest BCUT2D eigenvalue weighted by Gasteiger charge is -2.23. The quantitative estimate of drug-likeness (QED) is 0.838. The summed E-state index contributed by atoms with van der Waals surface area (Å²) < 4.78 is 5.32. The van der Waals surface area contributed by atoms with Crippen LogP contribution in [0.2, 0.25) is 5.02 Å². The Kier molecular flexibility index (Phi) is 5.65. The van der Waals surface area contributed by atoms with Crippen LogP contribution in [0.3, 0.4) is 0 Å². The van der Waals surface area contributed by atoms with Crippen molar-refractivity contribution in [1.29, 1.82) is 0 Å². The first-order valence-electron chi connectivity index (χ1n) is 8.85. The van der Waals surface area contributed by atoms with Crippen LogP contribution in [0.1, 0.15) is 31.0 Å². The Morgan fingerprint density at radius 1 is 1.30 bits per heavy atom. The lowest BCUT2D eigenvalue weighted by atomic mass is 9.96. The number of hydrogen-bond acceptors (Lipinski definition) is 4. The van der Waals surface area contributed by atoms with Crippen molar-refractivity contribution in [2.45, 2.75) is 30.8 Å². The normalized spacial score (nSPS) is 24.3. The minimum Gasteiger partial charge on any atom is -0.497 e. The number of hydrogen-bond donors (Lipinski definition) is 1. The average molecular weight is 408 g/mol. The third-order valence-electron chi connectivity index (χ3n) is 5.56. The smallest absolute Gasteiger partial charge is 0.242 e. The van der Waals surface area contributed by atoms with Gasteiger partial charge >= 0.3 is 0 Å². The molecule has 2 saturated heterocycles. The van der Waals surface area contributed by atoms with Crippen molar-refractivity contribution in [2.75, 3.05) is 20.7 Å². The molecule has 5 nitrogen and oxygen atoms in total. The van der Waals surface area contributed by atoms with E-state index in [1.165, 1.54) is 0 Å². The molecule has 1 aromatic heterocycles. The first kappa shape index (κ1) is 19.9. The van der Waals surface area contributed by atoms with Crippen LogP contribution in [0.4, 0.5) is 0 Å². The van der Waals surface area contributed by atoms with Crippen molar-refractivity contribution in [3.8, 4) is 16.9 Å². The summed E-state index contributed by atoms with van der Waals surface area (Å²) in [5.74, 6) is 0.965. The lowest BCUT2D eigenvalue weighted by Crippen LogP contribution is -2.47. The number of nitrogens with zero attached hydrogens (tertiary/aromatic N) is 2. The minimum absolute atomic E-state index is 0. The van der Waals surface area contributed by atoms with Gasteiger partial charge in [0.25, 0.3) is 0 Å². The molecule has 2 aliphatic rings. The molecule has 0 radical (unpaired) electrons. The van der Waals surface area contributed by atoms with Crippen molar-refractivity contribution in [3.05, 3.63) is 47.2 Å². The summed E-state index contributed by atoms with van der Waals surface area (Å²) in [6.07, 6.45) is 4.42. The molecule has 1 spiro atoms. The number of amides is 1. The second-order valence-electron chi connectivity index (χ2n) is 7.11. The lowest BCUT2D eigenvalue weighted by molar-refractivity contribution is -0.131. The van der Waals surface area contributed by atoms with Gasteiger partial charge in [0, 0.05) is 30.4 Å². The molecular weight excluding hydrogens is 385 g/mol. The van der Waals surface area contributed by atoms with Crippen molar-refractivity contribution >= 4 is 29.9 Å². The molecular formula is C20H23Cl2N3O2. The molecule has 3 heterocycles. The van der Waals surface area contributed by atoms with Crippen LogP contribution in [0.25, 0.3) is 11.1 Å². The first-order chi connectivity index (χ1) is 12.5. The zero-order valence-electron chi connectivity index (χ0n) is 15.4. The van der Waals surface area contributed by atoms with Crippen LogP contribution in [-0.2, 0) is 4.79 Å². The number of methoxy groups -OCH3 is 1. The van der Waals surface area contributed by atoms with E-state index in [1.54, 1.807) is 13.3 Å². The van der Waals surface area contributed by atoms with Gasteiger partial charge in [0.2, 0.25) is 5.91 Å². The molecule has 1 aromatic carbocycles. The van der Waals surface area contributed by atoms with E-state index in [0.717, 1.165) is 48.4 Å². The molecule has 2 atom stereocenters. The average Bonchev–Trinajstić information content (AvgIpc) is 3.22. The van der Waals surface area contributed by atoms with Gasteiger partial charge in [-0.2, -0.15) is 0 Å². The summed E-state index contributed by atoms with van der Waals surface area (Å²) in [4.78, 5) is 18.9. The maximum Gasteiger partial charge on any atom is 0.242 e. The number of ether oxygens (including phenoxy) is 1. The number of likely N-dealkylation sites (N-methyl/N-ethyl adjacent to an activating group) is 1. The molecule has 2 aliphatic heterocycles. The van der Waals surface area contributed by atoms with Crippen molar-refractivity contribution in [2.24, 2.45) is 0 Å². The zero-order valence-corrected chi connectivity index (χ0v) is 16.9. The Hall–Kier alpha value is -1.82. The molecule has 2 aromatic rings. The Labute approximate surface area is 170 Å². The predicted octanol–water partition coefficient (Wildman–Crippen LogP) is 3.86. The summed E-state index contributed by atoms with van der Waals surface area (Å²) in [7, 11) is 3.51. The fourth-order valence-electron chi connectivity index (χ4n) is 4.05. The van der Waals surface area contributed by atoms with E-state index in [9.17, 15) is 4.79 Å². The number of aromatic nitrogens is 1. The van der Waals surface area contributed by atoms with Crippen molar-refractivity contribution in [3.63, 3.8) is 0 Å². The van der Waals surface area contributed by atoms with Crippen LogP contribution in [0, 0.1) is 0 Å². The maximum absolute atomic E-state index is 12.5. The van der Waals surface area contributed by atoms with Crippen molar-refractivity contribution < 1.29 is 9.53 Å². The highest BCUT2D eigenvalue weighted by atomic mass is 35.5. The van der Waals surface area contributed by atoms with Gasteiger partial charge in [-0.15, -0.1) is 12.4 Å². The Morgan fingerprint density at radius 2 is 2.11 bits per heavy atom. The van der Waals surface area contributed by atoms with E-state index in [2.05, 4.69) is 16.4 Å². The molecule has 27 heavy (non-hydrogen) atoms. The van der Waals surface area contributed by atoms with E-state index in [1.807, 2.05) is 36.2 Å². The second-order valence-corrected chi connectivity index (χ2v) is 7.52. The van der Waals surface area contributed by atoms with Crippen LogP contribution in [0.15, 0.2) is 36.5 Å². The van der Waals surface area contributed by atoms with Gasteiger partial charge in [0.1, 0.15) is 11.3 Å². The highest BCUT2D eigenvalue weighted by Gasteiger charge is 2.50. The Morgan fingerprint density at radius 3 is 2.81 bits per heavy atom. The fraction of sp³-hybridized carbons (Fsp3) is 0.400. The third-order valence-corrected chi connectivity index (χ3v) is 5.89. The molecule has 7 heteroatoms. The van der Waals surface area contributed by atoms with Gasteiger partial charge in [-0.3, -0.25) is 15.1 Å². The Balaban J connectivity index is 0.00000210. The number of carbonyl (C=O) groups is 1. The van der Waals surface area contributed by atoms with E-state index in [4.69, 9.17) is 16.3 Å². The topological polar surface area (TPSA) is 54.5 Å². The molecule has 0 unspecified atom stereocenters. The fourth-order valence-corrected chi connectivity index (χ4v) is 4.27. The number of pyridine rings is 1. The standard InChI is InChI=1S/C20H22ClN3O2.ClH/c1-24-10-8-20(19(24)25)7-5-17(23-20)18-11-13(6-9-22-18)15-12-14(26-2)3-4-16(15)21;/h3-4,6,9,11-12,17,23H,5,7-8,10H2,1-2H3;1H/t17-,20+;/m1./s1. The molecule has 1 amide bonds. The van der Waals surface area contributed by atoms with Crippen LogP contribution in [0.5, 0.6) is 5.75 Å². The summed E-state index contributed by atoms with van der Waals surface area (Å²) >= 11 is 6.39. The second kappa shape index (κ2) is 7.66. The number of likely N-dealkylation sites (tertiary alicyclic amines) is 1. The SMILES string of the molecule is COc1ccc(Cl)c(-c2ccnc([C@H]3CC[C@@]4(CCN(C)C4=O)N3)c2)c1.Cl. The highest BCUT2D eigenvalue weighted by molar-refractivity contribution is 6.33. The molecule has 0 aliphatic carbocycles. The van der Waals surface area contributed by atoms with Gasteiger partial charge in [-0.25, -0.2) is 0 Å². The first-order valence-corrected chi connectivity index (χ1v) is 9.23. The summed E-state index contributed by atoms with van der Waals surface area (Å²) in [6.45, 7) is 0.811. The van der Waals surface area contributed by atoms with Crippen LogP contribution < -0.4 is 10.1 Å². The number of benzene rings is 1. The van der Waals surface area contributed by atoms with E-state index >= 15 is 0 Å². The van der Waals surface area contributed by atoms with Gasteiger partial charge in [0.15, 0.2) is 0 Å². The van der Waals surface area contributed by atoms with Gasteiger partial charge in [0.05, 0.1) is 18.8 Å². The summed E-state index contributed by atoms with van der Waals surface area (Å²) in [5, 5.41) is 4.24. The monoisotopic (exact) mass is 407 g/mol. The third kappa shape index (κ3) is 3.51. The number of halogens is 2. The largest absolute Gasteiger partial charge is 0.497 e. The number of nitrogens with one attached hydrogen (secondary N) is 1. The van der Waals surface area contributed by atoms with Gasteiger partial charge in [-0.1, -0.05) is 11.6 Å². The number of carbonyl (C=O) groups excluding carboxylic acids is 1. The van der Waals surface area contributed by atoms with Crippen molar-refractivity contribution in [1.82, 2.24) is 15.2 Å². The summed E-state index contributed by atoms with van der Waals surface area (Å²) in [6, 6.07) is 9.70. The molecule has 0 saturated carbocycles. The van der Waals surface area contributed by atoms with E-state index in [0.29, 0.717) is 5.02 Å². The molecule has 4 rings (SSSR count). The highest BCUT2D eigenvalue weighted by Crippen LogP contribution is 2.39. The minimum atomic E-state index is -0.412. The van der Waals surface area contributed by atoms with Gasteiger partial charge in [-0.05, 0) is 55.2 Å². The maximum atomic E-state index is 12.5. The Bertz CT molecular complexity index is 861. The van der Waals surface area contributed by atoms with Crippen LogP contribution >= 0.6 is 24.0 Å². The number of rotatable bonds is 3. The van der Waals surface area contributed by atoms with Gasteiger partial charge < -0.3 is 9.64 Å². The molecule has 144 valence electrons. The molecule has 0 bridgehead atoms.